The van der Waals surface area contributed by atoms with Crippen LogP contribution in [0.4, 0.5) is 11.4 Å². The summed E-state index contributed by atoms with van der Waals surface area (Å²) in [5.41, 5.74) is 7.84. The van der Waals surface area contributed by atoms with Crippen LogP contribution in [0.1, 0.15) is 51.7 Å². The Balaban J connectivity index is 1.64. The highest BCUT2D eigenvalue weighted by atomic mass is 35.5. The summed E-state index contributed by atoms with van der Waals surface area (Å²) >= 11 is 6.94. The van der Waals surface area contributed by atoms with Gasteiger partial charge in [0, 0.05) is 52.5 Å². The van der Waals surface area contributed by atoms with Gasteiger partial charge in [-0.25, -0.2) is 0 Å². The SMILES string of the molecule is CC1(C)C(/C=C/C(Cl)=C/C=C2/N(CCC[N+](C)(C)C)c3ccccc3C2(C)C)=[N+](CCC[N+](C)(C)C)c2ccccc21. The third-order valence-corrected chi connectivity index (χ3v) is 9.07. The highest BCUT2D eigenvalue weighted by Gasteiger charge is 2.44. The number of allylic oxidation sites excluding steroid dienone is 6. The minimum absolute atomic E-state index is 0.0865. The van der Waals surface area contributed by atoms with Crippen LogP contribution in [0.15, 0.2) is 83.6 Å². The van der Waals surface area contributed by atoms with Gasteiger partial charge in [-0.05, 0) is 43.7 Å². The van der Waals surface area contributed by atoms with E-state index in [9.17, 15) is 0 Å². The summed E-state index contributed by atoms with van der Waals surface area (Å²) in [6, 6.07) is 17.7. The van der Waals surface area contributed by atoms with Crippen LogP contribution in [0, 0.1) is 0 Å². The molecular formula is C37H54ClN4+3. The molecule has 0 aromatic heterocycles. The van der Waals surface area contributed by atoms with Crippen LogP contribution in [0.2, 0.25) is 0 Å². The quantitative estimate of drug-likeness (QED) is 0.148. The fourth-order valence-corrected chi connectivity index (χ4v) is 6.67. The number of nitrogens with zero attached hydrogens (tertiary/aromatic N) is 4. The molecule has 4 nitrogen and oxygen atoms in total. The van der Waals surface area contributed by atoms with E-state index in [4.69, 9.17) is 11.6 Å². The van der Waals surface area contributed by atoms with Gasteiger partial charge in [0.05, 0.1) is 67.2 Å². The Morgan fingerprint density at radius 1 is 0.810 bits per heavy atom. The van der Waals surface area contributed by atoms with Gasteiger partial charge in [-0.15, -0.1) is 0 Å². The molecule has 0 unspecified atom stereocenters. The smallest absolute Gasteiger partial charge is 0.209 e. The van der Waals surface area contributed by atoms with E-state index < -0.39 is 0 Å². The molecule has 0 amide bonds. The van der Waals surface area contributed by atoms with E-state index in [2.05, 4.69) is 152 Å². The Bertz CT molecular complexity index is 1410. The van der Waals surface area contributed by atoms with Gasteiger partial charge in [-0.3, -0.25) is 0 Å². The summed E-state index contributed by atoms with van der Waals surface area (Å²) in [5.74, 6) is 0. The van der Waals surface area contributed by atoms with Crippen molar-refractivity contribution in [3.8, 4) is 0 Å². The Kier molecular flexibility index (Phi) is 9.33. The van der Waals surface area contributed by atoms with E-state index in [0.29, 0.717) is 0 Å². The summed E-state index contributed by atoms with van der Waals surface area (Å²) < 4.78 is 4.45. The maximum Gasteiger partial charge on any atom is 0.209 e. The monoisotopic (exact) mass is 589 g/mol. The second-order valence-electron chi connectivity index (χ2n) is 15.1. The predicted octanol–water partition coefficient (Wildman–Crippen LogP) is 7.62. The summed E-state index contributed by atoms with van der Waals surface area (Å²) in [6.45, 7) is 13.6. The zero-order valence-electron chi connectivity index (χ0n) is 27.8. The molecule has 2 aliphatic heterocycles. The third-order valence-electron chi connectivity index (χ3n) is 8.82. The van der Waals surface area contributed by atoms with E-state index in [1.807, 2.05) is 0 Å². The molecule has 0 bridgehead atoms. The molecule has 2 aromatic rings. The zero-order chi connectivity index (χ0) is 30.9. The average Bonchev–Trinajstić information content (AvgIpc) is 3.24. The number of hydrogen-bond acceptors (Lipinski definition) is 1. The lowest BCUT2D eigenvalue weighted by molar-refractivity contribution is -0.871. The first-order valence-corrected chi connectivity index (χ1v) is 15.9. The average molecular weight is 590 g/mol. The minimum Gasteiger partial charge on any atom is -0.344 e. The Morgan fingerprint density at radius 3 is 2.07 bits per heavy atom. The number of hydrogen-bond donors (Lipinski definition) is 0. The number of anilines is 1. The first kappa shape index (κ1) is 32.3. The summed E-state index contributed by atoms with van der Waals surface area (Å²) in [7, 11) is 13.6. The standard InChI is InChI=1S/C37H54ClN4/c1-36(2)30-17-11-13-19-32(30)39(25-15-27-41(5,6)7)34(36)23-21-29(38)22-24-35-37(3,4)31-18-12-14-20-33(31)40(35)26-16-28-42(8,9)10/h11-14,17-24H,15-16,25-28H2,1-10H3/q+3. The molecule has 226 valence electrons. The summed E-state index contributed by atoms with van der Waals surface area (Å²) in [6.07, 6.45) is 10.9. The molecule has 2 aromatic carbocycles. The van der Waals surface area contributed by atoms with Crippen LogP contribution in [0.3, 0.4) is 0 Å². The van der Waals surface area contributed by atoms with E-state index in [-0.39, 0.29) is 10.8 Å². The van der Waals surface area contributed by atoms with Gasteiger partial charge >= 0.3 is 0 Å². The van der Waals surface area contributed by atoms with Gasteiger partial charge in [0.1, 0.15) is 0 Å². The molecule has 0 aliphatic carbocycles. The highest BCUT2D eigenvalue weighted by molar-refractivity contribution is 6.31. The van der Waals surface area contributed by atoms with Crippen LogP contribution in [-0.2, 0) is 10.8 Å². The molecule has 0 N–H and O–H groups in total. The molecule has 0 saturated carbocycles. The van der Waals surface area contributed by atoms with Crippen molar-refractivity contribution in [2.75, 3.05) is 73.4 Å². The van der Waals surface area contributed by atoms with Crippen LogP contribution < -0.4 is 4.90 Å². The lowest BCUT2D eigenvalue weighted by Gasteiger charge is -2.29. The van der Waals surface area contributed by atoms with Gasteiger partial charge in [0.25, 0.3) is 0 Å². The van der Waals surface area contributed by atoms with Gasteiger partial charge in [0.15, 0.2) is 12.3 Å². The van der Waals surface area contributed by atoms with Gasteiger partial charge in [-0.1, -0.05) is 61.8 Å². The third kappa shape index (κ3) is 7.10. The number of para-hydroxylation sites is 2. The van der Waals surface area contributed by atoms with Crippen molar-refractivity contribution in [1.82, 2.24) is 0 Å². The molecule has 2 aliphatic rings. The van der Waals surface area contributed by atoms with Crippen molar-refractivity contribution >= 4 is 28.7 Å². The predicted molar refractivity (Wildman–Crippen MR) is 182 cm³/mol. The largest absolute Gasteiger partial charge is 0.344 e. The highest BCUT2D eigenvalue weighted by Crippen LogP contribution is 2.47. The second-order valence-corrected chi connectivity index (χ2v) is 15.6. The Hall–Kier alpha value is -2.66. The van der Waals surface area contributed by atoms with Crippen LogP contribution >= 0.6 is 11.6 Å². The van der Waals surface area contributed by atoms with Crippen molar-refractivity contribution in [2.45, 2.75) is 51.4 Å². The van der Waals surface area contributed by atoms with E-state index in [1.54, 1.807) is 0 Å². The van der Waals surface area contributed by atoms with Crippen LogP contribution in [0.5, 0.6) is 0 Å². The van der Waals surface area contributed by atoms with E-state index >= 15 is 0 Å². The molecule has 4 rings (SSSR count). The van der Waals surface area contributed by atoms with Crippen molar-refractivity contribution < 1.29 is 13.5 Å². The van der Waals surface area contributed by atoms with E-state index in [1.165, 1.54) is 33.9 Å². The van der Waals surface area contributed by atoms with E-state index in [0.717, 1.165) is 53.0 Å². The molecule has 0 spiro atoms. The number of rotatable bonds is 11. The molecule has 42 heavy (non-hydrogen) atoms. The molecular weight excluding hydrogens is 536 g/mol. The zero-order valence-corrected chi connectivity index (χ0v) is 28.6. The number of halogens is 1. The summed E-state index contributed by atoms with van der Waals surface area (Å²) in [4.78, 5) is 2.51. The Labute approximate surface area is 261 Å². The molecule has 0 fully saturated rings. The second kappa shape index (κ2) is 12.1. The topological polar surface area (TPSA) is 6.25 Å². The molecule has 0 radical (unpaired) electrons. The lowest BCUT2D eigenvalue weighted by Crippen LogP contribution is -2.37. The Morgan fingerprint density at radius 2 is 1.40 bits per heavy atom. The summed E-state index contributed by atoms with van der Waals surface area (Å²) in [5, 5.41) is 0.742. The maximum atomic E-state index is 6.94. The first-order chi connectivity index (χ1) is 19.5. The number of fused-ring (bicyclic) bond motifs is 2. The van der Waals surface area contributed by atoms with Crippen LogP contribution in [-0.4, -0.2) is 87.7 Å². The lowest BCUT2D eigenvalue weighted by atomic mass is 9.81. The van der Waals surface area contributed by atoms with Crippen molar-refractivity contribution in [3.63, 3.8) is 0 Å². The molecule has 5 heteroatoms. The maximum absolute atomic E-state index is 6.94. The fourth-order valence-electron chi connectivity index (χ4n) is 6.54. The minimum atomic E-state index is -0.0865. The molecule has 2 heterocycles. The first-order valence-electron chi connectivity index (χ1n) is 15.5. The van der Waals surface area contributed by atoms with Crippen molar-refractivity contribution in [2.24, 2.45) is 0 Å². The fraction of sp³-hybridized carbons (Fsp3) is 0.486. The van der Waals surface area contributed by atoms with Crippen molar-refractivity contribution in [3.05, 3.63) is 94.7 Å². The van der Waals surface area contributed by atoms with Crippen molar-refractivity contribution in [1.29, 1.82) is 0 Å². The molecule has 0 atom stereocenters. The van der Waals surface area contributed by atoms with Crippen LogP contribution in [0.25, 0.3) is 0 Å². The van der Waals surface area contributed by atoms with Gasteiger partial charge < -0.3 is 13.9 Å². The molecule has 0 saturated heterocycles. The van der Waals surface area contributed by atoms with Gasteiger partial charge in [0.2, 0.25) is 5.69 Å². The van der Waals surface area contributed by atoms with Gasteiger partial charge in [-0.2, -0.15) is 4.58 Å². The normalized spacial score (nSPS) is 19.3. The number of benzene rings is 2. The number of quaternary nitrogens is 2.